The molecule has 0 unspecified atom stereocenters. The molecule has 1 saturated carbocycles. The van der Waals surface area contributed by atoms with Crippen LogP contribution in [0.4, 0.5) is 0 Å². The van der Waals surface area contributed by atoms with Crippen LogP contribution in [0.1, 0.15) is 41.7 Å². The van der Waals surface area contributed by atoms with Crippen LogP contribution in [0, 0.1) is 0 Å². The van der Waals surface area contributed by atoms with Crippen LogP contribution in [-0.2, 0) is 4.79 Å². The first kappa shape index (κ1) is 16.2. The Morgan fingerprint density at radius 3 is 2.67 bits per heavy atom. The molecule has 1 aromatic heterocycles. The Hall–Kier alpha value is -2.63. The average Bonchev–Trinajstić information content (AvgIpc) is 3.42. The SMILES string of the molecule is CCN(CC(=O)O)C(=O)c1cc(C2CC2)nc2ccc(OC)cc12. The first-order valence-electron chi connectivity index (χ1n) is 8.03. The third kappa shape index (κ3) is 3.18. The maximum Gasteiger partial charge on any atom is 0.323 e. The molecule has 6 heteroatoms. The van der Waals surface area contributed by atoms with Crippen LogP contribution in [0.25, 0.3) is 10.9 Å². The van der Waals surface area contributed by atoms with Gasteiger partial charge >= 0.3 is 5.97 Å². The lowest BCUT2D eigenvalue weighted by atomic mass is 10.0. The molecule has 1 N–H and O–H groups in total. The number of amides is 1. The summed E-state index contributed by atoms with van der Waals surface area (Å²) in [6, 6.07) is 7.24. The molecular formula is C18H20N2O4. The molecule has 6 nitrogen and oxygen atoms in total. The van der Waals surface area contributed by atoms with Crippen LogP contribution in [0.5, 0.6) is 5.75 Å². The van der Waals surface area contributed by atoms with Crippen molar-refractivity contribution in [1.82, 2.24) is 9.88 Å². The van der Waals surface area contributed by atoms with Crippen LogP contribution in [0.3, 0.4) is 0 Å². The van der Waals surface area contributed by atoms with E-state index in [1.54, 1.807) is 20.1 Å². The van der Waals surface area contributed by atoms with E-state index in [0.29, 0.717) is 29.2 Å². The van der Waals surface area contributed by atoms with Gasteiger partial charge in [-0.2, -0.15) is 0 Å². The number of fused-ring (bicyclic) bond motifs is 1. The van der Waals surface area contributed by atoms with Crippen molar-refractivity contribution in [3.63, 3.8) is 0 Å². The van der Waals surface area contributed by atoms with Crippen molar-refractivity contribution in [2.45, 2.75) is 25.7 Å². The Balaban J connectivity index is 2.12. The standard InChI is InChI=1S/C18H20N2O4/c1-3-20(10-17(21)22)18(23)14-9-16(11-4-5-11)19-15-7-6-12(24-2)8-13(14)15/h6-9,11H,3-5,10H2,1-2H3,(H,21,22). The zero-order valence-electron chi connectivity index (χ0n) is 13.8. The Bertz CT molecular complexity index is 799. The monoisotopic (exact) mass is 328 g/mol. The Kier molecular flexibility index (Phi) is 4.38. The van der Waals surface area contributed by atoms with Crippen molar-refractivity contribution < 1.29 is 19.4 Å². The van der Waals surface area contributed by atoms with E-state index < -0.39 is 5.97 Å². The molecule has 0 radical (unpaired) electrons. The van der Waals surface area contributed by atoms with E-state index in [1.807, 2.05) is 18.2 Å². The maximum atomic E-state index is 12.9. The Morgan fingerprint density at radius 1 is 1.33 bits per heavy atom. The molecule has 2 aromatic rings. The number of carboxylic acids is 1. The molecule has 0 saturated heterocycles. The fourth-order valence-corrected chi connectivity index (χ4v) is 2.78. The van der Waals surface area contributed by atoms with Gasteiger partial charge in [-0.05, 0) is 44.0 Å². The lowest BCUT2D eigenvalue weighted by Crippen LogP contribution is -2.35. The highest BCUT2D eigenvalue weighted by molar-refractivity contribution is 6.07. The van der Waals surface area contributed by atoms with Gasteiger partial charge in [0.1, 0.15) is 12.3 Å². The van der Waals surface area contributed by atoms with Crippen molar-refractivity contribution in [2.24, 2.45) is 0 Å². The van der Waals surface area contributed by atoms with E-state index in [2.05, 4.69) is 4.98 Å². The summed E-state index contributed by atoms with van der Waals surface area (Å²) >= 11 is 0. The number of likely N-dealkylation sites (N-methyl/N-ethyl adjacent to an activating group) is 1. The minimum absolute atomic E-state index is 0.289. The topological polar surface area (TPSA) is 79.7 Å². The number of pyridine rings is 1. The average molecular weight is 328 g/mol. The number of aliphatic carboxylic acids is 1. The fourth-order valence-electron chi connectivity index (χ4n) is 2.78. The van der Waals surface area contributed by atoms with Gasteiger partial charge < -0.3 is 14.7 Å². The molecular weight excluding hydrogens is 308 g/mol. The number of carbonyl (C=O) groups excluding carboxylic acids is 1. The normalized spacial score (nSPS) is 13.8. The molecule has 1 amide bonds. The van der Waals surface area contributed by atoms with Crippen LogP contribution >= 0.6 is 0 Å². The van der Waals surface area contributed by atoms with Crippen molar-refractivity contribution in [2.75, 3.05) is 20.2 Å². The summed E-state index contributed by atoms with van der Waals surface area (Å²) in [5.74, 6) is -0.276. The molecule has 24 heavy (non-hydrogen) atoms. The predicted octanol–water partition coefficient (Wildman–Crippen LogP) is 2.67. The number of hydrogen-bond donors (Lipinski definition) is 1. The van der Waals surface area contributed by atoms with Gasteiger partial charge in [0.15, 0.2) is 0 Å². The molecule has 3 rings (SSSR count). The van der Waals surface area contributed by atoms with Crippen LogP contribution in [0.2, 0.25) is 0 Å². The second kappa shape index (κ2) is 6.47. The summed E-state index contributed by atoms with van der Waals surface area (Å²) in [7, 11) is 1.57. The quantitative estimate of drug-likeness (QED) is 0.882. The summed E-state index contributed by atoms with van der Waals surface area (Å²) in [4.78, 5) is 29.9. The third-order valence-corrected chi connectivity index (χ3v) is 4.26. The molecule has 0 aliphatic heterocycles. The Morgan fingerprint density at radius 2 is 2.08 bits per heavy atom. The van der Waals surface area contributed by atoms with E-state index in [0.717, 1.165) is 24.1 Å². The number of nitrogens with zero attached hydrogens (tertiary/aromatic N) is 2. The number of methoxy groups -OCH3 is 1. The number of ether oxygens (including phenoxy) is 1. The third-order valence-electron chi connectivity index (χ3n) is 4.26. The first-order valence-corrected chi connectivity index (χ1v) is 8.03. The molecule has 1 fully saturated rings. The number of hydrogen-bond acceptors (Lipinski definition) is 4. The van der Waals surface area contributed by atoms with E-state index in [4.69, 9.17) is 9.84 Å². The smallest absolute Gasteiger partial charge is 0.323 e. The highest BCUT2D eigenvalue weighted by Gasteiger charge is 2.28. The lowest BCUT2D eigenvalue weighted by Gasteiger charge is -2.20. The zero-order chi connectivity index (χ0) is 17.3. The van der Waals surface area contributed by atoms with Gasteiger partial charge in [0.05, 0.1) is 18.2 Å². The zero-order valence-corrected chi connectivity index (χ0v) is 13.8. The highest BCUT2D eigenvalue weighted by Crippen LogP contribution is 2.40. The number of carboxylic acid groups (broad SMARTS) is 1. The van der Waals surface area contributed by atoms with Crippen LogP contribution in [-0.4, -0.2) is 47.1 Å². The van der Waals surface area contributed by atoms with Gasteiger partial charge in [0, 0.05) is 23.5 Å². The number of rotatable bonds is 6. The van der Waals surface area contributed by atoms with Crippen LogP contribution < -0.4 is 4.74 Å². The van der Waals surface area contributed by atoms with Crippen LogP contribution in [0.15, 0.2) is 24.3 Å². The van der Waals surface area contributed by atoms with E-state index in [1.165, 1.54) is 4.90 Å². The molecule has 0 atom stereocenters. The maximum absolute atomic E-state index is 12.9. The van der Waals surface area contributed by atoms with Crippen molar-refractivity contribution >= 4 is 22.8 Å². The predicted molar refractivity (Wildman–Crippen MR) is 89.5 cm³/mol. The second-order valence-corrected chi connectivity index (χ2v) is 5.97. The van der Waals surface area contributed by atoms with Gasteiger partial charge in [-0.1, -0.05) is 0 Å². The molecule has 1 heterocycles. The first-order chi connectivity index (χ1) is 11.5. The van der Waals surface area contributed by atoms with E-state index >= 15 is 0 Å². The number of carbonyl (C=O) groups is 2. The van der Waals surface area contributed by atoms with Crippen molar-refractivity contribution in [1.29, 1.82) is 0 Å². The molecule has 126 valence electrons. The molecule has 1 aromatic carbocycles. The van der Waals surface area contributed by atoms with Gasteiger partial charge in [0.25, 0.3) is 5.91 Å². The van der Waals surface area contributed by atoms with Crippen molar-refractivity contribution in [3.8, 4) is 5.75 Å². The summed E-state index contributed by atoms with van der Waals surface area (Å²) in [6.45, 7) is 1.78. The summed E-state index contributed by atoms with van der Waals surface area (Å²) < 4.78 is 5.25. The van der Waals surface area contributed by atoms with E-state index in [-0.39, 0.29) is 12.5 Å². The summed E-state index contributed by atoms with van der Waals surface area (Å²) in [6.07, 6.45) is 2.16. The second-order valence-electron chi connectivity index (χ2n) is 5.97. The minimum Gasteiger partial charge on any atom is -0.497 e. The lowest BCUT2D eigenvalue weighted by molar-refractivity contribution is -0.137. The molecule has 1 aliphatic rings. The highest BCUT2D eigenvalue weighted by atomic mass is 16.5. The Labute approximate surface area is 140 Å². The molecule has 0 spiro atoms. The summed E-state index contributed by atoms with van der Waals surface area (Å²) in [5.41, 5.74) is 2.13. The number of aromatic nitrogens is 1. The molecule has 0 bridgehead atoms. The number of benzene rings is 1. The van der Waals surface area contributed by atoms with Gasteiger partial charge in [-0.25, -0.2) is 0 Å². The van der Waals surface area contributed by atoms with E-state index in [9.17, 15) is 9.59 Å². The van der Waals surface area contributed by atoms with Gasteiger partial charge in [-0.15, -0.1) is 0 Å². The summed E-state index contributed by atoms with van der Waals surface area (Å²) in [5, 5.41) is 9.72. The molecule has 1 aliphatic carbocycles. The van der Waals surface area contributed by atoms with Gasteiger partial charge in [0.2, 0.25) is 0 Å². The minimum atomic E-state index is -1.02. The largest absolute Gasteiger partial charge is 0.497 e. The van der Waals surface area contributed by atoms with Gasteiger partial charge in [-0.3, -0.25) is 14.6 Å². The fraction of sp³-hybridized carbons (Fsp3) is 0.389. The van der Waals surface area contributed by atoms with Crippen molar-refractivity contribution in [3.05, 3.63) is 35.5 Å².